The van der Waals surface area contributed by atoms with E-state index in [-0.39, 0.29) is 18.0 Å². The number of ketones is 1. The number of Topliss-reactive ketones (excluding diaryl/α,β-unsaturated/α-hetero) is 1. The van der Waals surface area contributed by atoms with Crippen molar-refractivity contribution in [2.24, 2.45) is 5.92 Å². The summed E-state index contributed by atoms with van der Waals surface area (Å²) in [6, 6.07) is 13.1. The molecule has 1 N–H and O–H groups in total. The van der Waals surface area contributed by atoms with Crippen LogP contribution in [0, 0.1) is 21.8 Å². The fraction of sp³-hybridized carbons (Fsp3) is 0.217. The van der Waals surface area contributed by atoms with Gasteiger partial charge in [-0.05, 0) is 42.9 Å². The minimum atomic E-state index is -1.49. The number of nitro benzene ring substituents is 1. The summed E-state index contributed by atoms with van der Waals surface area (Å²) in [4.78, 5) is 39.7. The molecule has 8 nitrogen and oxygen atoms in total. The van der Waals surface area contributed by atoms with E-state index in [1.807, 2.05) is 0 Å². The van der Waals surface area contributed by atoms with Crippen molar-refractivity contribution in [2.75, 3.05) is 18.9 Å². The van der Waals surface area contributed by atoms with E-state index in [0.29, 0.717) is 16.8 Å². The molecule has 0 radical (unpaired) electrons. The van der Waals surface area contributed by atoms with Crippen molar-refractivity contribution in [2.45, 2.75) is 11.5 Å². The maximum atomic E-state index is 14.3. The Morgan fingerprint density at radius 2 is 2.06 bits per heavy atom. The molecule has 1 amide bonds. The molecule has 0 aliphatic carbocycles. The number of likely N-dealkylation sites (tertiary alicyclic amines) is 1. The van der Waals surface area contributed by atoms with Gasteiger partial charge >= 0.3 is 0 Å². The van der Waals surface area contributed by atoms with E-state index in [1.54, 1.807) is 30.1 Å². The topological polar surface area (TPSA) is 106 Å². The van der Waals surface area contributed by atoms with Crippen LogP contribution in [0.1, 0.15) is 27.6 Å². The second-order valence-corrected chi connectivity index (χ2v) is 8.07. The van der Waals surface area contributed by atoms with Crippen LogP contribution in [-0.4, -0.2) is 35.1 Å². The number of furan rings is 1. The van der Waals surface area contributed by atoms with Crippen LogP contribution < -0.4 is 5.32 Å². The number of amides is 1. The number of carbonyl (C=O) groups excluding carboxylic acids is 2. The summed E-state index contributed by atoms with van der Waals surface area (Å²) in [6.07, 6.45) is 1.36. The van der Waals surface area contributed by atoms with Gasteiger partial charge in [-0.2, -0.15) is 0 Å². The third-order valence-corrected chi connectivity index (χ3v) is 6.47. The van der Waals surface area contributed by atoms with Crippen molar-refractivity contribution in [1.82, 2.24) is 4.90 Å². The zero-order valence-electron chi connectivity index (χ0n) is 16.9. The minimum absolute atomic E-state index is 0.0674. The van der Waals surface area contributed by atoms with E-state index >= 15 is 0 Å². The van der Waals surface area contributed by atoms with Crippen LogP contribution in [0.5, 0.6) is 0 Å². The first-order valence-electron chi connectivity index (χ1n) is 9.99. The molecule has 1 spiro atoms. The van der Waals surface area contributed by atoms with Crippen LogP contribution in [0.4, 0.5) is 15.8 Å². The molecule has 5 rings (SSSR count). The fourth-order valence-corrected chi connectivity index (χ4v) is 5.15. The molecule has 3 heterocycles. The predicted molar refractivity (Wildman–Crippen MR) is 112 cm³/mol. The van der Waals surface area contributed by atoms with Crippen LogP contribution in [0.25, 0.3) is 0 Å². The Hall–Kier alpha value is -3.85. The summed E-state index contributed by atoms with van der Waals surface area (Å²) < 4.78 is 19.6. The number of non-ortho nitro benzene ring substituents is 1. The number of carbonyl (C=O) groups is 2. The third kappa shape index (κ3) is 2.71. The van der Waals surface area contributed by atoms with Crippen LogP contribution in [0.3, 0.4) is 0 Å². The molecule has 0 bridgehead atoms. The molecule has 9 heteroatoms. The van der Waals surface area contributed by atoms with Crippen molar-refractivity contribution >= 4 is 23.1 Å². The smallest absolute Gasteiger partial charge is 0.269 e. The van der Waals surface area contributed by atoms with E-state index in [1.165, 1.54) is 42.7 Å². The zero-order chi connectivity index (χ0) is 22.6. The Labute approximate surface area is 181 Å². The summed E-state index contributed by atoms with van der Waals surface area (Å²) in [5.74, 6) is -2.91. The molecule has 3 atom stereocenters. The first-order chi connectivity index (χ1) is 15.3. The highest BCUT2D eigenvalue weighted by molar-refractivity contribution is 6.11. The molecule has 1 fully saturated rings. The van der Waals surface area contributed by atoms with Crippen molar-refractivity contribution in [3.8, 4) is 0 Å². The van der Waals surface area contributed by atoms with Crippen molar-refractivity contribution in [3.63, 3.8) is 0 Å². The van der Waals surface area contributed by atoms with E-state index in [2.05, 4.69) is 5.32 Å². The fourth-order valence-electron chi connectivity index (χ4n) is 5.15. The number of anilines is 1. The normalized spacial score (nSPS) is 24.5. The number of benzene rings is 2. The van der Waals surface area contributed by atoms with Gasteiger partial charge in [0.1, 0.15) is 11.4 Å². The van der Waals surface area contributed by atoms with Gasteiger partial charge in [-0.1, -0.05) is 12.1 Å². The molecule has 2 aliphatic heterocycles. The number of nitrogens with one attached hydrogen (secondary N) is 1. The van der Waals surface area contributed by atoms with Gasteiger partial charge in [0.15, 0.2) is 5.76 Å². The highest BCUT2D eigenvalue weighted by Gasteiger charge is 2.64. The molecule has 162 valence electrons. The Morgan fingerprint density at radius 3 is 2.78 bits per heavy atom. The van der Waals surface area contributed by atoms with Gasteiger partial charge in [0.2, 0.25) is 11.7 Å². The van der Waals surface area contributed by atoms with Gasteiger partial charge in [-0.3, -0.25) is 24.6 Å². The minimum Gasteiger partial charge on any atom is -0.461 e. The lowest BCUT2D eigenvalue weighted by molar-refractivity contribution is -0.384. The maximum Gasteiger partial charge on any atom is 0.269 e. The van der Waals surface area contributed by atoms with Crippen molar-refractivity contribution in [3.05, 3.63) is 93.7 Å². The molecule has 1 saturated heterocycles. The third-order valence-electron chi connectivity index (χ3n) is 6.47. The number of hydrogen-bond donors (Lipinski definition) is 1. The highest BCUT2D eigenvalue weighted by Crippen LogP contribution is 2.55. The standard InChI is InChI=1S/C23H18FN3O5/c1-26-12-16(13-4-2-5-15(10-13)27(30)31)20(21(28)19-6-3-9-32-19)23(26)17-11-14(24)7-8-18(17)25-22(23)29/h2-11,16,20H,12H2,1H3,(H,25,29)/t16-,20-,23+/m1/s1. The number of nitrogens with zero attached hydrogens (tertiary/aromatic N) is 2. The summed E-state index contributed by atoms with van der Waals surface area (Å²) >= 11 is 0. The molecule has 2 aromatic carbocycles. The lowest BCUT2D eigenvalue weighted by atomic mass is 9.71. The zero-order valence-corrected chi connectivity index (χ0v) is 16.9. The predicted octanol–water partition coefficient (Wildman–Crippen LogP) is 3.70. The Bertz CT molecular complexity index is 1260. The van der Waals surface area contributed by atoms with Crippen molar-refractivity contribution < 1.29 is 23.3 Å². The Balaban J connectivity index is 1.74. The summed E-state index contributed by atoms with van der Waals surface area (Å²) in [5.41, 5.74) is -0.262. The summed E-state index contributed by atoms with van der Waals surface area (Å²) in [7, 11) is 1.69. The van der Waals surface area contributed by atoms with Gasteiger partial charge in [-0.25, -0.2) is 4.39 Å². The van der Waals surface area contributed by atoms with Crippen LogP contribution in [0.2, 0.25) is 0 Å². The monoisotopic (exact) mass is 435 g/mol. The number of likely N-dealkylation sites (N-methyl/N-ethyl adjacent to an activating group) is 1. The number of halogens is 1. The number of nitro groups is 1. The van der Waals surface area contributed by atoms with Crippen molar-refractivity contribution in [1.29, 1.82) is 0 Å². The second-order valence-electron chi connectivity index (χ2n) is 8.07. The summed E-state index contributed by atoms with van der Waals surface area (Å²) in [6.45, 7) is 0.252. The van der Waals surface area contributed by atoms with Gasteiger partial charge in [0.25, 0.3) is 5.69 Å². The van der Waals surface area contributed by atoms with Gasteiger partial charge in [0.05, 0.1) is 17.1 Å². The van der Waals surface area contributed by atoms with Crippen LogP contribution in [0.15, 0.2) is 65.3 Å². The lowest BCUT2D eigenvalue weighted by Gasteiger charge is -2.35. The summed E-state index contributed by atoms with van der Waals surface area (Å²) in [5, 5.41) is 14.1. The molecule has 3 aromatic rings. The Morgan fingerprint density at radius 1 is 1.25 bits per heavy atom. The van der Waals surface area contributed by atoms with E-state index in [4.69, 9.17) is 4.42 Å². The number of fused-ring (bicyclic) bond motifs is 2. The highest BCUT2D eigenvalue weighted by atomic mass is 19.1. The molecular formula is C23H18FN3O5. The van der Waals surface area contributed by atoms with E-state index in [9.17, 15) is 24.1 Å². The average Bonchev–Trinajstić information content (AvgIpc) is 3.47. The number of hydrogen-bond acceptors (Lipinski definition) is 6. The van der Waals surface area contributed by atoms with Crippen LogP contribution >= 0.6 is 0 Å². The second kappa shape index (κ2) is 7.10. The first-order valence-corrected chi connectivity index (χ1v) is 9.99. The largest absolute Gasteiger partial charge is 0.461 e. The molecular weight excluding hydrogens is 417 g/mol. The Kier molecular flexibility index (Phi) is 4.45. The lowest BCUT2D eigenvalue weighted by Crippen LogP contribution is -2.51. The average molecular weight is 435 g/mol. The van der Waals surface area contributed by atoms with Gasteiger partial charge < -0.3 is 9.73 Å². The van der Waals surface area contributed by atoms with Gasteiger partial charge in [-0.15, -0.1) is 0 Å². The number of rotatable bonds is 4. The SMILES string of the molecule is CN1C[C@H](c2cccc([N+](=O)[O-])c2)[C@H](C(=O)c2ccco2)[C@@]12C(=O)Nc1ccc(F)cc12. The van der Waals surface area contributed by atoms with Gasteiger partial charge in [0, 0.05) is 35.8 Å². The molecule has 0 saturated carbocycles. The van der Waals surface area contributed by atoms with E-state index < -0.39 is 39.8 Å². The van der Waals surface area contributed by atoms with Crippen LogP contribution in [-0.2, 0) is 10.3 Å². The quantitative estimate of drug-likeness (QED) is 0.381. The molecule has 0 unspecified atom stereocenters. The first kappa shape index (κ1) is 20.1. The molecule has 2 aliphatic rings. The molecule has 1 aromatic heterocycles. The maximum absolute atomic E-state index is 14.3. The van der Waals surface area contributed by atoms with E-state index in [0.717, 1.165) is 0 Å². The molecule has 32 heavy (non-hydrogen) atoms.